The normalized spacial score (nSPS) is 10.5. The van der Waals surface area contributed by atoms with Gasteiger partial charge in [-0.2, -0.15) is 4.98 Å². The summed E-state index contributed by atoms with van der Waals surface area (Å²) in [7, 11) is 0. The maximum absolute atomic E-state index is 5.84. The lowest BCUT2D eigenvalue weighted by atomic mass is 10.3. The number of rotatable bonds is 2. The molecular formula is C12H11N7. The second-order valence-electron chi connectivity index (χ2n) is 3.88. The van der Waals surface area contributed by atoms with Crippen molar-refractivity contribution in [2.75, 3.05) is 16.8 Å². The predicted octanol–water partition coefficient (Wildman–Crippen LogP) is 1.33. The number of nitrogens with one attached hydrogen (secondary N) is 1. The van der Waals surface area contributed by atoms with Gasteiger partial charge in [0.25, 0.3) is 0 Å². The lowest BCUT2D eigenvalue weighted by Crippen LogP contribution is -2.05. The van der Waals surface area contributed by atoms with Gasteiger partial charge in [0.15, 0.2) is 11.6 Å². The first kappa shape index (κ1) is 11.1. The van der Waals surface area contributed by atoms with Crippen molar-refractivity contribution in [1.82, 2.24) is 19.9 Å². The third-order valence-electron chi connectivity index (χ3n) is 2.57. The van der Waals surface area contributed by atoms with Gasteiger partial charge in [0.05, 0.1) is 0 Å². The van der Waals surface area contributed by atoms with Crippen LogP contribution in [-0.2, 0) is 0 Å². The Morgan fingerprint density at radius 3 is 2.42 bits per heavy atom. The van der Waals surface area contributed by atoms with Crippen LogP contribution in [0, 0.1) is 0 Å². The van der Waals surface area contributed by atoms with Crippen LogP contribution in [0.5, 0.6) is 0 Å². The number of nitrogen functional groups attached to an aromatic ring is 2. The van der Waals surface area contributed by atoms with Gasteiger partial charge >= 0.3 is 0 Å². The highest BCUT2D eigenvalue weighted by molar-refractivity contribution is 5.91. The summed E-state index contributed by atoms with van der Waals surface area (Å²) in [6.07, 6.45) is 1.34. The molecule has 0 atom stereocenters. The Kier molecular flexibility index (Phi) is 2.57. The van der Waals surface area contributed by atoms with E-state index >= 15 is 0 Å². The van der Waals surface area contributed by atoms with Gasteiger partial charge < -0.3 is 16.8 Å². The van der Waals surface area contributed by atoms with Crippen LogP contribution in [0.2, 0.25) is 0 Å². The molecule has 3 aromatic rings. The Bertz CT molecular complexity index is 727. The standard InChI is InChI=1S/C12H11N7/c13-10-9-8(15-6-16-10)11(14)19-12(18-9)17-7-4-2-1-3-5-7/h1-6H,(H2,13,15,16)(H3,14,17,18,19). The number of nitrogens with two attached hydrogens (primary N) is 2. The zero-order chi connectivity index (χ0) is 13.2. The van der Waals surface area contributed by atoms with E-state index in [2.05, 4.69) is 25.3 Å². The van der Waals surface area contributed by atoms with Crippen molar-refractivity contribution in [3.05, 3.63) is 36.7 Å². The first-order valence-electron chi connectivity index (χ1n) is 5.60. The van der Waals surface area contributed by atoms with Gasteiger partial charge in [0, 0.05) is 5.69 Å². The molecule has 0 saturated carbocycles. The van der Waals surface area contributed by atoms with Crippen molar-refractivity contribution in [2.24, 2.45) is 0 Å². The minimum atomic E-state index is 0.262. The second-order valence-corrected chi connectivity index (χ2v) is 3.88. The van der Waals surface area contributed by atoms with Gasteiger partial charge in [0.2, 0.25) is 5.95 Å². The number of fused-ring (bicyclic) bond motifs is 1. The largest absolute Gasteiger partial charge is 0.382 e. The molecule has 0 saturated heterocycles. The Morgan fingerprint density at radius 1 is 0.842 bits per heavy atom. The van der Waals surface area contributed by atoms with Crippen LogP contribution in [0.4, 0.5) is 23.3 Å². The molecule has 5 N–H and O–H groups in total. The third-order valence-corrected chi connectivity index (χ3v) is 2.57. The summed E-state index contributed by atoms with van der Waals surface area (Å²) in [5.41, 5.74) is 13.4. The monoisotopic (exact) mass is 253 g/mol. The highest BCUT2D eigenvalue weighted by Crippen LogP contribution is 2.22. The van der Waals surface area contributed by atoms with E-state index in [9.17, 15) is 0 Å². The third kappa shape index (κ3) is 2.08. The minimum absolute atomic E-state index is 0.262. The molecule has 7 heteroatoms. The topological polar surface area (TPSA) is 116 Å². The van der Waals surface area contributed by atoms with E-state index in [1.807, 2.05) is 30.3 Å². The molecule has 0 unspecified atom stereocenters. The fraction of sp³-hybridized carbons (Fsp3) is 0. The summed E-state index contributed by atoms with van der Waals surface area (Å²) in [5.74, 6) is 0.894. The van der Waals surface area contributed by atoms with E-state index in [4.69, 9.17) is 11.5 Å². The molecule has 0 fully saturated rings. The van der Waals surface area contributed by atoms with E-state index < -0.39 is 0 Å². The summed E-state index contributed by atoms with van der Waals surface area (Å²) >= 11 is 0. The molecule has 0 aliphatic heterocycles. The molecule has 7 nitrogen and oxygen atoms in total. The van der Waals surface area contributed by atoms with Crippen molar-refractivity contribution < 1.29 is 0 Å². The van der Waals surface area contributed by atoms with Gasteiger partial charge in [-0.05, 0) is 12.1 Å². The van der Waals surface area contributed by atoms with Gasteiger partial charge in [-0.1, -0.05) is 18.2 Å². The summed E-state index contributed by atoms with van der Waals surface area (Å²) < 4.78 is 0. The number of para-hydroxylation sites is 1. The molecule has 1 aromatic carbocycles. The second kappa shape index (κ2) is 4.37. The van der Waals surface area contributed by atoms with Crippen LogP contribution < -0.4 is 16.8 Å². The lowest BCUT2D eigenvalue weighted by molar-refractivity contribution is 1.16. The number of anilines is 4. The molecule has 0 radical (unpaired) electrons. The maximum atomic E-state index is 5.84. The van der Waals surface area contributed by atoms with E-state index in [1.54, 1.807) is 0 Å². The average Bonchev–Trinajstić information content (AvgIpc) is 2.41. The molecule has 0 aliphatic carbocycles. The maximum Gasteiger partial charge on any atom is 0.229 e. The molecule has 0 bridgehead atoms. The Balaban J connectivity index is 2.08. The van der Waals surface area contributed by atoms with Gasteiger partial charge in [0.1, 0.15) is 17.4 Å². The molecule has 19 heavy (non-hydrogen) atoms. The van der Waals surface area contributed by atoms with Crippen molar-refractivity contribution in [3.63, 3.8) is 0 Å². The molecular weight excluding hydrogens is 242 g/mol. The van der Waals surface area contributed by atoms with Crippen molar-refractivity contribution in [1.29, 1.82) is 0 Å². The highest BCUT2D eigenvalue weighted by Gasteiger charge is 2.09. The van der Waals surface area contributed by atoms with Gasteiger partial charge in [-0.15, -0.1) is 0 Å². The Morgan fingerprint density at radius 2 is 1.63 bits per heavy atom. The number of aromatic nitrogens is 4. The first-order valence-corrected chi connectivity index (χ1v) is 5.60. The van der Waals surface area contributed by atoms with Crippen LogP contribution in [0.3, 0.4) is 0 Å². The quantitative estimate of drug-likeness (QED) is 0.630. The van der Waals surface area contributed by atoms with Crippen LogP contribution >= 0.6 is 0 Å². The summed E-state index contributed by atoms with van der Waals surface area (Å²) in [5, 5.41) is 3.05. The van der Waals surface area contributed by atoms with Gasteiger partial charge in [-0.3, -0.25) is 0 Å². The molecule has 0 spiro atoms. The predicted molar refractivity (Wildman–Crippen MR) is 73.7 cm³/mol. The van der Waals surface area contributed by atoms with Gasteiger partial charge in [-0.25, -0.2) is 15.0 Å². The SMILES string of the molecule is Nc1nc(Nc2ccccc2)nc2c(N)ncnc12. The number of hydrogen-bond donors (Lipinski definition) is 3. The Labute approximate surface area is 108 Å². The zero-order valence-electron chi connectivity index (χ0n) is 9.91. The fourth-order valence-electron chi connectivity index (χ4n) is 1.69. The average molecular weight is 253 g/mol. The van der Waals surface area contributed by atoms with Crippen LogP contribution in [0.25, 0.3) is 11.0 Å². The molecule has 0 amide bonds. The van der Waals surface area contributed by atoms with Crippen LogP contribution in [-0.4, -0.2) is 19.9 Å². The number of benzene rings is 1. The first-order chi connectivity index (χ1) is 9.24. The van der Waals surface area contributed by atoms with Crippen molar-refractivity contribution >= 4 is 34.3 Å². The zero-order valence-corrected chi connectivity index (χ0v) is 9.91. The lowest BCUT2D eigenvalue weighted by Gasteiger charge is -2.07. The molecule has 3 rings (SSSR count). The van der Waals surface area contributed by atoms with E-state index in [0.717, 1.165) is 5.69 Å². The van der Waals surface area contributed by atoms with Crippen LogP contribution in [0.15, 0.2) is 36.7 Å². The molecule has 2 aromatic heterocycles. The molecule has 94 valence electrons. The summed E-state index contributed by atoms with van der Waals surface area (Å²) in [6, 6.07) is 9.53. The van der Waals surface area contributed by atoms with Crippen LogP contribution in [0.1, 0.15) is 0 Å². The molecule has 0 aliphatic rings. The van der Waals surface area contributed by atoms with E-state index in [1.165, 1.54) is 6.33 Å². The smallest absolute Gasteiger partial charge is 0.229 e. The Hall–Kier alpha value is -2.96. The summed E-state index contributed by atoms with van der Waals surface area (Å²) in [6.45, 7) is 0. The minimum Gasteiger partial charge on any atom is -0.382 e. The molecule has 2 heterocycles. The van der Waals surface area contributed by atoms with Crippen molar-refractivity contribution in [2.45, 2.75) is 0 Å². The number of nitrogens with zero attached hydrogens (tertiary/aromatic N) is 4. The number of hydrogen-bond acceptors (Lipinski definition) is 7. The van der Waals surface area contributed by atoms with Crippen molar-refractivity contribution in [3.8, 4) is 0 Å². The highest BCUT2D eigenvalue weighted by atomic mass is 15.1. The van der Waals surface area contributed by atoms with E-state index in [0.29, 0.717) is 17.0 Å². The summed E-state index contributed by atoms with van der Waals surface area (Å²) in [4.78, 5) is 16.3. The fourth-order valence-corrected chi connectivity index (χ4v) is 1.69. The van der Waals surface area contributed by atoms with E-state index in [-0.39, 0.29) is 11.6 Å².